The summed E-state index contributed by atoms with van der Waals surface area (Å²) in [6.07, 6.45) is 1.89. The summed E-state index contributed by atoms with van der Waals surface area (Å²) in [7, 11) is 1.68. The van der Waals surface area contributed by atoms with Gasteiger partial charge >= 0.3 is 0 Å². The van der Waals surface area contributed by atoms with Crippen LogP contribution in [0.25, 0.3) is 10.9 Å². The molecule has 1 heterocycles. The Bertz CT molecular complexity index is 534. The summed E-state index contributed by atoms with van der Waals surface area (Å²) < 4.78 is 6.31. The molecule has 0 radical (unpaired) electrons. The molecule has 1 aromatic heterocycles. The van der Waals surface area contributed by atoms with Gasteiger partial charge in [-0.05, 0) is 53.0 Å². The van der Waals surface area contributed by atoms with Crippen LogP contribution in [0.2, 0.25) is 0 Å². The van der Waals surface area contributed by atoms with Gasteiger partial charge in [0.05, 0.1) is 11.6 Å². The monoisotopic (exact) mass is 296 g/mol. The number of ether oxygens (including phenoxy) is 1. The number of H-pyrrole nitrogens is 1. The number of nitrogens with one attached hydrogen (secondary N) is 1. The number of aromatic nitrogens is 1. The van der Waals surface area contributed by atoms with E-state index in [9.17, 15) is 0 Å². The first kappa shape index (κ1) is 12.5. The topological polar surface area (TPSA) is 51.0 Å². The average Bonchev–Trinajstić information content (AvgIpc) is 2.66. The van der Waals surface area contributed by atoms with E-state index in [1.54, 1.807) is 7.11 Å². The number of nitrogens with two attached hydrogens (primary N) is 1. The Labute approximate surface area is 109 Å². The van der Waals surface area contributed by atoms with Crippen molar-refractivity contribution in [3.63, 3.8) is 0 Å². The van der Waals surface area contributed by atoms with Crippen LogP contribution in [0.3, 0.4) is 0 Å². The van der Waals surface area contributed by atoms with Gasteiger partial charge in [-0.2, -0.15) is 0 Å². The van der Waals surface area contributed by atoms with Gasteiger partial charge in [-0.3, -0.25) is 0 Å². The van der Waals surface area contributed by atoms with Crippen LogP contribution in [0.4, 0.5) is 0 Å². The van der Waals surface area contributed by atoms with Crippen molar-refractivity contribution >= 4 is 26.8 Å². The molecule has 1 aromatic carbocycles. The van der Waals surface area contributed by atoms with Crippen LogP contribution in [0.1, 0.15) is 18.2 Å². The first-order chi connectivity index (χ1) is 8.21. The van der Waals surface area contributed by atoms with Crippen LogP contribution in [0, 0.1) is 0 Å². The molecule has 0 fully saturated rings. The van der Waals surface area contributed by atoms with Gasteiger partial charge in [-0.1, -0.05) is 6.92 Å². The van der Waals surface area contributed by atoms with Crippen molar-refractivity contribution in [1.82, 2.24) is 4.98 Å². The summed E-state index contributed by atoms with van der Waals surface area (Å²) in [4.78, 5) is 3.45. The normalized spacial score (nSPS) is 11.1. The second-order valence-electron chi connectivity index (χ2n) is 4.01. The largest absolute Gasteiger partial charge is 0.496 e. The van der Waals surface area contributed by atoms with E-state index in [0.29, 0.717) is 6.54 Å². The number of aryl methyl sites for hydroxylation is 1. The Balaban J connectivity index is 2.67. The van der Waals surface area contributed by atoms with E-state index in [1.807, 2.05) is 0 Å². The Morgan fingerprint density at radius 1 is 1.41 bits per heavy atom. The van der Waals surface area contributed by atoms with E-state index in [-0.39, 0.29) is 0 Å². The van der Waals surface area contributed by atoms with Crippen LogP contribution in [-0.4, -0.2) is 18.6 Å². The number of hydrogen-bond donors (Lipinski definition) is 2. The average molecular weight is 297 g/mol. The molecule has 0 saturated carbocycles. The van der Waals surface area contributed by atoms with E-state index >= 15 is 0 Å². The first-order valence-electron chi connectivity index (χ1n) is 5.78. The van der Waals surface area contributed by atoms with Crippen LogP contribution in [0.5, 0.6) is 5.75 Å². The molecule has 2 aromatic rings. The number of halogens is 1. The predicted molar refractivity (Wildman–Crippen MR) is 74.7 cm³/mol. The number of rotatable bonds is 4. The van der Waals surface area contributed by atoms with Gasteiger partial charge in [-0.25, -0.2) is 0 Å². The maximum atomic E-state index is 5.68. The second-order valence-corrected chi connectivity index (χ2v) is 4.86. The molecular formula is C13H17BrN2O. The molecule has 3 nitrogen and oxygen atoms in total. The molecule has 0 bridgehead atoms. The third-order valence-electron chi connectivity index (χ3n) is 3.01. The molecule has 92 valence electrons. The smallest absolute Gasteiger partial charge is 0.133 e. The van der Waals surface area contributed by atoms with Crippen molar-refractivity contribution in [2.24, 2.45) is 5.73 Å². The van der Waals surface area contributed by atoms with Crippen LogP contribution in [-0.2, 0) is 12.8 Å². The second kappa shape index (κ2) is 5.10. The molecule has 0 aliphatic rings. The summed E-state index contributed by atoms with van der Waals surface area (Å²) in [6.45, 7) is 2.81. The highest BCUT2D eigenvalue weighted by Crippen LogP contribution is 2.33. The molecule has 0 spiro atoms. The van der Waals surface area contributed by atoms with E-state index in [4.69, 9.17) is 10.5 Å². The summed E-state index contributed by atoms with van der Waals surface area (Å²) in [5, 5.41) is 1.22. The SMILES string of the molecule is CCc1[nH]c2cc(Br)c(OC)cc2c1CCN. The Hall–Kier alpha value is -1.00. The lowest BCUT2D eigenvalue weighted by molar-refractivity contribution is 0.413. The molecule has 3 N–H and O–H groups in total. The van der Waals surface area contributed by atoms with Crippen molar-refractivity contribution < 1.29 is 4.74 Å². The van der Waals surface area contributed by atoms with Crippen LogP contribution in [0.15, 0.2) is 16.6 Å². The Morgan fingerprint density at radius 3 is 2.76 bits per heavy atom. The van der Waals surface area contributed by atoms with Crippen molar-refractivity contribution in [2.75, 3.05) is 13.7 Å². The fraction of sp³-hybridized carbons (Fsp3) is 0.385. The summed E-state index contributed by atoms with van der Waals surface area (Å²) in [5.74, 6) is 0.859. The number of methoxy groups -OCH3 is 1. The molecule has 2 rings (SSSR count). The molecule has 0 aliphatic carbocycles. The Kier molecular flexibility index (Phi) is 3.74. The zero-order valence-electron chi connectivity index (χ0n) is 10.1. The van der Waals surface area contributed by atoms with Gasteiger partial charge in [0, 0.05) is 16.6 Å². The summed E-state index contributed by atoms with van der Waals surface area (Å²) in [5.41, 5.74) is 9.40. The van der Waals surface area contributed by atoms with Crippen molar-refractivity contribution in [3.05, 3.63) is 27.9 Å². The van der Waals surface area contributed by atoms with E-state index < -0.39 is 0 Å². The molecule has 0 amide bonds. The summed E-state index contributed by atoms with van der Waals surface area (Å²) in [6, 6.07) is 4.13. The standard InChI is InChI=1S/C13H17BrN2O/c1-3-11-8(4-5-15)9-6-13(17-2)10(14)7-12(9)16-11/h6-7,16H,3-5,15H2,1-2H3. The minimum Gasteiger partial charge on any atom is -0.496 e. The van der Waals surface area contributed by atoms with Crippen LogP contribution >= 0.6 is 15.9 Å². The number of fused-ring (bicyclic) bond motifs is 1. The fourth-order valence-electron chi connectivity index (χ4n) is 2.20. The fourth-order valence-corrected chi connectivity index (χ4v) is 2.70. The third kappa shape index (κ3) is 2.19. The predicted octanol–water partition coefficient (Wildman–Crippen LogP) is 3.00. The minimum atomic E-state index is 0.665. The number of aromatic amines is 1. The zero-order valence-corrected chi connectivity index (χ0v) is 11.7. The minimum absolute atomic E-state index is 0.665. The van der Waals surface area contributed by atoms with E-state index in [1.165, 1.54) is 16.6 Å². The molecule has 0 unspecified atom stereocenters. The lowest BCUT2D eigenvalue weighted by Crippen LogP contribution is -2.04. The van der Waals surface area contributed by atoms with Gasteiger partial charge in [-0.15, -0.1) is 0 Å². The lowest BCUT2D eigenvalue weighted by Gasteiger charge is -2.04. The first-order valence-corrected chi connectivity index (χ1v) is 6.57. The molecule has 17 heavy (non-hydrogen) atoms. The molecular weight excluding hydrogens is 280 g/mol. The maximum absolute atomic E-state index is 5.68. The maximum Gasteiger partial charge on any atom is 0.133 e. The van der Waals surface area contributed by atoms with Crippen molar-refractivity contribution in [1.29, 1.82) is 0 Å². The van der Waals surface area contributed by atoms with E-state index in [0.717, 1.165) is 28.6 Å². The summed E-state index contributed by atoms with van der Waals surface area (Å²) >= 11 is 3.50. The van der Waals surface area contributed by atoms with Gasteiger partial charge in [0.25, 0.3) is 0 Å². The number of benzene rings is 1. The van der Waals surface area contributed by atoms with Gasteiger partial charge in [0.1, 0.15) is 5.75 Å². The van der Waals surface area contributed by atoms with Gasteiger partial charge in [0.2, 0.25) is 0 Å². The number of hydrogen-bond acceptors (Lipinski definition) is 2. The quantitative estimate of drug-likeness (QED) is 0.911. The molecule has 0 atom stereocenters. The molecule has 0 aliphatic heterocycles. The highest BCUT2D eigenvalue weighted by Gasteiger charge is 2.12. The van der Waals surface area contributed by atoms with Gasteiger partial charge < -0.3 is 15.5 Å². The Morgan fingerprint density at radius 2 is 2.18 bits per heavy atom. The molecule has 4 heteroatoms. The van der Waals surface area contributed by atoms with Crippen molar-refractivity contribution in [2.45, 2.75) is 19.8 Å². The lowest BCUT2D eigenvalue weighted by atomic mass is 10.1. The van der Waals surface area contributed by atoms with Crippen LogP contribution < -0.4 is 10.5 Å². The third-order valence-corrected chi connectivity index (χ3v) is 3.63. The van der Waals surface area contributed by atoms with E-state index in [2.05, 4.69) is 40.0 Å². The highest BCUT2D eigenvalue weighted by molar-refractivity contribution is 9.10. The highest BCUT2D eigenvalue weighted by atomic mass is 79.9. The van der Waals surface area contributed by atoms with Crippen molar-refractivity contribution in [3.8, 4) is 5.75 Å². The zero-order chi connectivity index (χ0) is 12.4. The van der Waals surface area contributed by atoms with Gasteiger partial charge in [0.15, 0.2) is 0 Å². The molecule has 0 saturated heterocycles.